The summed E-state index contributed by atoms with van der Waals surface area (Å²) in [6.07, 6.45) is 0. The molecule has 1 fully saturated rings. The third-order valence-electron chi connectivity index (χ3n) is 6.21. The van der Waals surface area contributed by atoms with Gasteiger partial charge in [0, 0.05) is 31.7 Å². The fourth-order valence-corrected chi connectivity index (χ4v) is 4.04. The molecule has 2 aromatic carbocycles. The predicted octanol–water partition coefficient (Wildman–Crippen LogP) is 4.95. The quantitative estimate of drug-likeness (QED) is 0.662. The smallest absolute Gasteiger partial charge is 0.260 e. The van der Waals surface area contributed by atoms with E-state index in [1.165, 1.54) is 11.1 Å². The average Bonchev–Trinajstić information content (AvgIpc) is 2.76. The van der Waals surface area contributed by atoms with Crippen LogP contribution in [0, 0.1) is 6.92 Å². The Labute approximate surface area is 198 Å². The number of nitrogens with zero attached hydrogens (tertiary/aromatic N) is 2. The Morgan fingerprint density at radius 3 is 1.94 bits per heavy atom. The van der Waals surface area contributed by atoms with Crippen LogP contribution in [0.3, 0.4) is 0 Å². The molecule has 3 rings (SSSR count). The van der Waals surface area contributed by atoms with Crippen LogP contribution in [0.1, 0.15) is 68.6 Å². The predicted molar refractivity (Wildman–Crippen MR) is 133 cm³/mol. The molecule has 33 heavy (non-hydrogen) atoms. The van der Waals surface area contributed by atoms with Crippen LogP contribution in [0.15, 0.2) is 42.5 Å². The fraction of sp³-hybridized carbons (Fsp3) is 0.500. The van der Waals surface area contributed by atoms with Gasteiger partial charge in [-0.25, -0.2) is 0 Å². The fourth-order valence-electron chi connectivity index (χ4n) is 4.04. The summed E-state index contributed by atoms with van der Waals surface area (Å²) in [7, 11) is 0. The Hall–Kier alpha value is -2.82. The molecule has 5 nitrogen and oxygen atoms in total. The van der Waals surface area contributed by atoms with Crippen molar-refractivity contribution < 1.29 is 14.3 Å². The van der Waals surface area contributed by atoms with Gasteiger partial charge in [0.2, 0.25) is 0 Å². The van der Waals surface area contributed by atoms with Gasteiger partial charge in [-0.2, -0.15) is 0 Å². The maximum absolute atomic E-state index is 12.9. The van der Waals surface area contributed by atoms with Crippen molar-refractivity contribution in [3.8, 4) is 5.75 Å². The van der Waals surface area contributed by atoms with Gasteiger partial charge in [0.05, 0.1) is 0 Å². The van der Waals surface area contributed by atoms with E-state index >= 15 is 0 Å². The first-order valence-corrected chi connectivity index (χ1v) is 11.8. The number of ether oxygens (including phenoxy) is 1. The van der Waals surface area contributed by atoms with Gasteiger partial charge < -0.3 is 14.5 Å². The highest BCUT2D eigenvalue weighted by Gasteiger charge is 2.26. The SMILES string of the molecule is Cc1ccc(OCC(=O)N2CCN(C(=O)c3ccc(C(C)(C)C)cc3)CC2)c(C(C)(C)C)c1. The molecular formula is C28H38N2O3. The number of piperazine rings is 1. The molecule has 2 amide bonds. The molecule has 0 unspecified atom stereocenters. The van der Waals surface area contributed by atoms with Crippen LogP contribution in [0.25, 0.3) is 0 Å². The number of rotatable bonds is 4. The molecule has 1 aliphatic rings. The zero-order valence-electron chi connectivity index (χ0n) is 21.2. The van der Waals surface area contributed by atoms with Crippen molar-refractivity contribution in [2.24, 2.45) is 0 Å². The standard InChI is InChI=1S/C28H38N2O3/c1-20-8-13-24(23(18-20)28(5,6)7)33-19-25(31)29-14-16-30(17-15-29)26(32)21-9-11-22(12-10-21)27(2,3)4/h8-13,18H,14-17,19H2,1-7H3. The monoisotopic (exact) mass is 450 g/mol. The first-order chi connectivity index (χ1) is 15.4. The van der Waals surface area contributed by atoms with E-state index in [0.29, 0.717) is 31.7 Å². The van der Waals surface area contributed by atoms with Gasteiger partial charge in [-0.05, 0) is 47.1 Å². The van der Waals surface area contributed by atoms with Gasteiger partial charge in [-0.3, -0.25) is 9.59 Å². The van der Waals surface area contributed by atoms with Gasteiger partial charge in [-0.15, -0.1) is 0 Å². The van der Waals surface area contributed by atoms with Crippen LogP contribution in [-0.4, -0.2) is 54.4 Å². The van der Waals surface area contributed by atoms with E-state index in [2.05, 4.69) is 54.5 Å². The Morgan fingerprint density at radius 1 is 0.818 bits per heavy atom. The second kappa shape index (κ2) is 9.58. The Bertz CT molecular complexity index is 989. The molecule has 0 N–H and O–H groups in total. The largest absolute Gasteiger partial charge is 0.483 e. The summed E-state index contributed by atoms with van der Waals surface area (Å²) < 4.78 is 5.94. The number of amides is 2. The number of hydrogen-bond acceptors (Lipinski definition) is 3. The van der Waals surface area contributed by atoms with Crippen LogP contribution >= 0.6 is 0 Å². The molecule has 0 atom stereocenters. The summed E-state index contributed by atoms with van der Waals surface area (Å²) in [6.45, 7) is 17.1. The average molecular weight is 451 g/mol. The summed E-state index contributed by atoms with van der Waals surface area (Å²) in [5.41, 5.74) is 4.16. The van der Waals surface area contributed by atoms with Crippen molar-refractivity contribution >= 4 is 11.8 Å². The summed E-state index contributed by atoms with van der Waals surface area (Å²) in [5.74, 6) is 0.735. The molecule has 178 valence electrons. The third-order valence-corrected chi connectivity index (χ3v) is 6.21. The molecule has 5 heteroatoms. The maximum atomic E-state index is 12.9. The van der Waals surface area contributed by atoms with Crippen LogP contribution in [0.4, 0.5) is 0 Å². The second-order valence-corrected chi connectivity index (χ2v) is 11.0. The molecule has 0 saturated carbocycles. The summed E-state index contributed by atoms with van der Waals surface area (Å²) >= 11 is 0. The lowest BCUT2D eigenvalue weighted by Gasteiger charge is -2.35. The molecule has 0 aliphatic carbocycles. The lowest BCUT2D eigenvalue weighted by molar-refractivity contribution is -0.134. The van der Waals surface area contributed by atoms with Gasteiger partial charge in [0.1, 0.15) is 5.75 Å². The summed E-state index contributed by atoms with van der Waals surface area (Å²) in [5, 5.41) is 0. The minimum Gasteiger partial charge on any atom is -0.483 e. The van der Waals surface area contributed by atoms with Gasteiger partial charge in [-0.1, -0.05) is 71.4 Å². The lowest BCUT2D eigenvalue weighted by Crippen LogP contribution is -2.51. The Balaban J connectivity index is 1.55. The molecule has 0 aromatic heterocycles. The van der Waals surface area contributed by atoms with Gasteiger partial charge in [0.25, 0.3) is 11.8 Å². The van der Waals surface area contributed by atoms with Crippen molar-refractivity contribution in [2.75, 3.05) is 32.8 Å². The zero-order chi connectivity index (χ0) is 24.4. The van der Waals surface area contributed by atoms with Crippen molar-refractivity contribution in [3.05, 3.63) is 64.7 Å². The van der Waals surface area contributed by atoms with Crippen molar-refractivity contribution in [2.45, 2.75) is 59.3 Å². The third kappa shape index (κ3) is 6.16. The molecular weight excluding hydrogens is 412 g/mol. The van der Waals surface area contributed by atoms with E-state index in [0.717, 1.165) is 11.3 Å². The number of carbonyl (C=O) groups is 2. The van der Waals surface area contributed by atoms with Crippen LogP contribution in [0.2, 0.25) is 0 Å². The molecule has 1 saturated heterocycles. The topological polar surface area (TPSA) is 49.9 Å². The van der Waals surface area contributed by atoms with Crippen LogP contribution < -0.4 is 4.74 Å². The minimum atomic E-state index is -0.0680. The molecule has 1 aliphatic heterocycles. The molecule has 0 bridgehead atoms. The van der Waals surface area contributed by atoms with Crippen molar-refractivity contribution in [3.63, 3.8) is 0 Å². The number of carbonyl (C=O) groups excluding carboxylic acids is 2. The highest BCUT2D eigenvalue weighted by molar-refractivity contribution is 5.94. The summed E-state index contributed by atoms with van der Waals surface area (Å²) in [6, 6.07) is 13.9. The van der Waals surface area contributed by atoms with E-state index in [9.17, 15) is 9.59 Å². The van der Waals surface area contributed by atoms with Gasteiger partial charge >= 0.3 is 0 Å². The van der Waals surface area contributed by atoms with E-state index < -0.39 is 0 Å². The maximum Gasteiger partial charge on any atom is 0.260 e. The van der Waals surface area contributed by atoms with Crippen LogP contribution in [0.5, 0.6) is 5.75 Å². The zero-order valence-corrected chi connectivity index (χ0v) is 21.2. The molecule has 0 radical (unpaired) electrons. The first kappa shape index (κ1) is 24.8. The normalized spacial score (nSPS) is 14.9. The molecule has 2 aromatic rings. The van der Waals surface area contributed by atoms with Gasteiger partial charge in [0.15, 0.2) is 6.61 Å². The summed E-state index contributed by atoms with van der Waals surface area (Å²) in [4.78, 5) is 29.3. The number of benzene rings is 2. The Kier molecular flexibility index (Phi) is 7.20. The van der Waals surface area contributed by atoms with Crippen molar-refractivity contribution in [1.29, 1.82) is 0 Å². The highest BCUT2D eigenvalue weighted by Crippen LogP contribution is 2.32. The number of aryl methyl sites for hydroxylation is 1. The lowest BCUT2D eigenvalue weighted by atomic mass is 9.85. The number of hydrogen-bond donors (Lipinski definition) is 0. The van der Waals surface area contributed by atoms with E-state index in [1.54, 1.807) is 4.90 Å². The minimum absolute atomic E-state index is 0.00829. The Morgan fingerprint density at radius 2 is 1.39 bits per heavy atom. The second-order valence-electron chi connectivity index (χ2n) is 11.0. The molecule has 1 heterocycles. The first-order valence-electron chi connectivity index (χ1n) is 11.8. The highest BCUT2D eigenvalue weighted by atomic mass is 16.5. The van der Waals surface area contributed by atoms with Crippen LogP contribution in [-0.2, 0) is 15.6 Å². The van der Waals surface area contributed by atoms with Crippen molar-refractivity contribution in [1.82, 2.24) is 9.80 Å². The van der Waals surface area contributed by atoms with E-state index in [1.807, 2.05) is 41.3 Å². The van der Waals surface area contributed by atoms with E-state index in [4.69, 9.17) is 4.74 Å². The molecule has 0 spiro atoms. The van der Waals surface area contributed by atoms with E-state index in [-0.39, 0.29) is 29.3 Å².